The lowest BCUT2D eigenvalue weighted by molar-refractivity contribution is -0.120. The number of aromatic nitrogens is 2. The maximum absolute atomic E-state index is 12.2. The second kappa shape index (κ2) is 7.38. The first kappa shape index (κ1) is 17.0. The Balaban J connectivity index is 1.62. The summed E-state index contributed by atoms with van der Waals surface area (Å²) in [5.74, 6) is 0.529. The molecule has 0 unspecified atom stereocenters. The van der Waals surface area contributed by atoms with Gasteiger partial charge in [-0.05, 0) is 56.9 Å². The number of aryl methyl sites for hydroxylation is 2. The van der Waals surface area contributed by atoms with Crippen molar-refractivity contribution in [1.29, 1.82) is 0 Å². The Morgan fingerprint density at radius 2 is 2.00 bits per heavy atom. The zero-order chi connectivity index (χ0) is 17.1. The molecule has 1 aliphatic carbocycles. The van der Waals surface area contributed by atoms with E-state index in [4.69, 9.17) is 4.42 Å². The third-order valence-corrected chi connectivity index (χ3v) is 5.44. The van der Waals surface area contributed by atoms with Gasteiger partial charge in [-0.1, -0.05) is 30.7 Å². The van der Waals surface area contributed by atoms with E-state index in [1.165, 1.54) is 35.7 Å². The summed E-state index contributed by atoms with van der Waals surface area (Å²) in [5, 5.41) is 11.4. The average molecular weight is 345 g/mol. The van der Waals surface area contributed by atoms with Crippen molar-refractivity contribution in [3.05, 3.63) is 29.3 Å². The van der Waals surface area contributed by atoms with E-state index in [-0.39, 0.29) is 11.2 Å². The molecule has 1 aliphatic rings. The summed E-state index contributed by atoms with van der Waals surface area (Å²) in [6.45, 7) is 5.99. The molecular weight excluding hydrogens is 322 g/mol. The number of hydrogen-bond donors (Lipinski definition) is 1. The lowest BCUT2D eigenvalue weighted by Crippen LogP contribution is -2.37. The van der Waals surface area contributed by atoms with Crippen molar-refractivity contribution in [3.63, 3.8) is 0 Å². The maximum atomic E-state index is 12.2. The Morgan fingerprint density at radius 1 is 1.25 bits per heavy atom. The summed E-state index contributed by atoms with van der Waals surface area (Å²) < 4.78 is 5.72. The SMILES string of the molecule is Cc1ccc(-c2nnc(S[C@H](C)C(=O)NC3CCCC3)o2)cc1C. The van der Waals surface area contributed by atoms with Gasteiger partial charge >= 0.3 is 0 Å². The predicted molar refractivity (Wildman–Crippen MR) is 94.9 cm³/mol. The molecule has 5 nitrogen and oxygen atoms in total. The maximum Gasteiger partial charge on any atom is 0.277 e. The van der Waals surface area contributed by atoms with Crippen molar-refractivity contribution in [3.8, 4) is 11.5 Å². The van der Waals surface area contributed by atoms with Crippen molar-refractivity contribution in [1.82, 2.24) is 15.5 Å². The highest BCUT2D eigenvalue weighted by Crippen LogP contribution is 2.27. The van der Waals surface area contributed by atoms with Gasteiger partial charge in [0.15, 0.2) is 0 Å². The van der Waals surface area contributed by atoms with Crippen molar-refractivity contribution < 1.29 is 9.21 Å². The van der Waals surface area contributed by atoms with Crippen LogP contribution in [0, 0.1) is 13.8 Å². The summed E-state index contributed by atoms with van der Waals surface area (Å²) in [7, 11) is 0. The molecule has 0 aliphatic heterocycles. The number of hydrogen-bond acceptors (Lipinski definition) is 5. The summed E-state index contributed by atoms with van der Waals surface area (Å²) in [5.41, 5.74) is 3.31. The Labute approximate surface area is 146 Å². The Hall–Kier alpha value is -1.82. The quantitative estimate of drug-likeness (QED) is 0.833. The Kier molecular flexibility index (Phi) is 5.23. The third kappa shape index (κ3) is 3.98. The van der Waals surface area contributed by atoms with E-state index in [1.54, 1.807) is 0 Å². The van der Waals surface area contributed by atoms with Gasteiger partial charge in [-0.15, -0.1) is 10.2 Å². The van der Waals surface area contributed by atoms with E-state index in [0.717, 1.165) is 18.4 Å². The topological polar surface area (TPSA) is 68.0 Å². The summed E-state index contributed by atoms with van der Waals surface area (Å²) in [6, 6.07) is 6.38. The highest BCUT2D eigenvalue weighted by atomic mass is 32.2. The van der Waals surface area contributed by atoms with Crippen LogP contribution >= 0.6 is 11.8 Å². The fourth-order valence-electron chi connectivity index (χ4n) is 2.84. The van der Waals surface area contributed by atoms with E-state index in [1.807, 2.05) is 25.1 Å². The molecule has 1 saturated carbocycles. The highest BCUT2D eigenvalue weighted by Gasteiger charge is 2.23. The molecule has 1 fully saturated rings. The Bertz CT molecular complexity index is 723. The molecule has 1 heterocycles. The van der Waals surface area contributed by atoms with E-state index in [9.17, 15) is 4.79 Å². The van der Waals surface area contributed by atoms with Gasteiger partial charge in [0.05, 0.1) is 5.25 Å². The van der Waals surface area contributed by atoms with Crippen LogP contribution in [0.1, 0.15) is 43.7 Å². The van der Waals surface area contributed by atoms with Gasteiger partial charge in [-0.3, -0.25) is 4.79 Å². The minimum Gasteiger partial charge on any atom is -0.411 e. The van der Waals surface area contributed by atoms with Gasteiger partial charge < -0.3 is 9.73 Å². The van der Waals surface area contributed by atoms with Crippen LogP contribution < -0.4 is 5.32 Å². The minimum atomic E-state index is -0.251. The van der Waals surface area contributed by atoms with Gasteiger partial charge in [-0.2, -0.15) is 0 Å². The van der Waals surface area contributed by atoms with Gasteiger partial charge in [0, 0.05) is 11.6 Å². The average Bonchev–Trinajstić information content (AvgIpc) is 3.22. The molecule has 1 N–H and O–H groups in total. The molecule has 24 heavy (non-hydrogen) atoms. The van der Waals surface area contributed by atoms with Gasteiger partial charge in [0.1, 0.15) is 0 Å². The van der Waals surface area contributed by atoms with Gasteiger partial charge in [0.2, 0.25) is 11.8 Å². The standard InChI is InChI=1S/C18H23N3O2S/c1-11-8-9-14(10-12(11)2)17-20-21-18(23-17)24-13(3)16(22)19-15-6-4-5-7-15/h8-10,13,15H,4-7H2,1-3H3,(H,19,22)/t13-/m1/s1. The van der Waals surface area contributed by atoms with Crippen molar-refractivity contribution in [2.24, 2.45) is 0 Å². The molecule has 1 aromatic heterocycles. The lowest BCUT2D eigenvalue weighted by Gasteiger charge is -2.14. The van der Waals surface area contributed by atoms with Crippen molar-refractivity contribution in [2.75, 3.05) is 0 Å². The molecule has 0 saturated heterocycles. The van der Waals surface area contributed by atoms with Crippen LogP contribution in [0.2, 0.25) is 0 Å². The van der Waals surface area contributed by atoms with Crippen molar-refractivity contribution >= 4 is 17.7 Å². The summed E-state index contributed by atoms with van der Waals surface area (Å²) >= 11 is 1.31. The first-order valence-electron chi connectivity index (χ1n) is 8.41. The van der Waals surface area contributed by atoms with Crippen molar-refractivity contribution in [2.45, 2.75) is 63.0 Å². The number of carbonyl (C=O) groups is 1. The molecule has 128 valence electrons. The number of benzene rings is 1. The van der Waals surface area contributed by atoms with Crippen LogP contribution in [-0.4, -0.2) is 27.4 Å². The molecule has 1 aromatic carbocycles. The predicted octanol–water partition coefficient (Wildman–Crippen LogP) is 3.89. The van der Waals surface area contributed by atoms with Crippen LogP contribution in [0.3, 0.4) is 0 Å². The van der Waals surface area contributed by atoms with E-state index < -0.39 is 0 Å². The summed E-state index contributed by atoms with van der Waals surface area (Å²) in [4.78, 5) is 12.2. The van der Waals surface area contributed by atoms with Crippen LogP contribution in [0.25, 0.3) is 11.5 Å². The third-order valence-electron chi connectivity index (χ3n) is 4.51. The molecule has 0 bridgehead atoms. The molecule has 2 aromatic rings. The fourth-order valence-corrected chi connectivity index (χ4v) is 3.53. The second-order valence-electron chi connectivity index (χ2n) is 6.42. The minimum absolute atomic E-state index is 0.0397. The largest absolute Gasteiger partial charge is 0.411 e. The smallest absolute Gasteiger partial charge is 0.277 e. The van der Waals surface area contributed by atoms with E-state index in [2.05, 4.69) is 29.4 Å². The number of thioether (sulfide) groups is 1. The van der Waals surface area contributed by atoms with Crippen LogP contribution in [0.5, 0.6) is 0 Å². The van der Waals surface area contributed by atoms with Crippen LogP contribution in [0.4, 0.5) is 0 Å². The number of amides is 1. The highest BCUT2D eigenvalue weighted by molar-refractivity contribution is 8.00. The number of nitrogens with zero attached hydrogens (tertiary/aromatic N) is 2. The fraction of sp³-hybridized carbons (Fsp3) is 0.500. The molecule has 3 rings (SSSR count). The molecule has 6 heteroatoms. The van der Waals surface area contributed by atoms with Crippen LogP contribution in [-0.2, 0) is 4.79 Å². The second-order valence-corrected chi connectivity index (χ2v) is 7.71. The molecule has 1 atom stereocenters. The van der Waals surface area contributed by atoms with Gasteiger partial charge in [0.25, 0.3) is 5.22 Å². The zero-order valence-corrected chi connectivity index (χ0v) is 15.2. The summed E-state index contributed by atoms with van der Waals surface area (Å²) in [6.07, 6.45) is 4.58. The molecule has 0 radical (unpaired) electrons. The molecule has 0 spiro atoms. The van der Waals surface area contributed by atoms with E-state index >= 15 is 0 Å². The Morgan fingerprint density at radius 3 is 2.71 bits per heavy atom. The first-order chi connectivity index (χ1) is 11.5. The number of rotatable bonds is 5. The molecule has 1 amide bonds. The first-order valence-corrected chi connectivity index (χ1v) is 9.29. The normalized spacial score (nSPS) is 16.3. The number of nitrogens with one attached hydrogen (secondary N) is 1. The zero-order valence-electron chi connectivity index (χ0n) is 14.3. The van der Waals surface area contributed by atoms with Crippen LogP contribution in [0.15, 0.2) is 27.8 Å². The lowest BCUT2D eigenvalue weighted by atomic mass is 10.1. The monoisotopic (exact) mass is 345 g/mol. The van der Waals surface area contributed by atoms with Gasteiger partial charge in [-0.25, -0.2) is 0 Å². The number of carbonyl (C=O) groups excluding carboxylic acids is 1. The van der Waals surface area contributed by atoms with E-state index in [0.29, 0.717) is 17.2 Å². The molecular formula is C18H23N3O2S.